The second-order valence-corrected chi connectivity index (χ2v) is 7.41. The van der Waals surface area contributed by atoms with Crippen molar-refractivity contribution in [2.24, 2.45) is 0 Å². The molecule has 0 aliphatic carbocycles. The van der Waals surface area contributed by atoms with E-state index < -0.39 is 0 Å². The predicted molar refractivity (Wildman–Crippen MR) is 117 cm³/mol. The van der Waals surface area contributed by atoms with Gasteiger partial charge in [-0.2, -0.15) is 4.98 Å². The first-order valence-corrected chi connectivity index (χ1v) is 10.4. The van der Waals surface area contributed by atoms with Crippen molar-refractivity contribution in [2.75, 3.05) is 26.2 Å². The molecule has 2 aromatic heterocycles. The topological polar surface area (TPSA) is 109 Å². The summed E-state index contributed by atoms with van der Waals surface area (Å²) in [5.41, 5.74) is 2.78. The maximum absolute atomic E-state index is 12.9. The lowest BCUT2D eigenvalue weighted by atomic mass is 10.1. The van der Waals surface area contributed by atoms with Crippen LogP contribution in [0.2, 0.25) is 0 Å². The number of rotatable bonds is 6. The van der Waals surface area contributed by atoms with Crippen LogP contribution in [-0.4, -0.2) is 57.2 Å². The van der Waals surface area contributed by atoms with Gasteiger partial charge in [0.1, 0.15) is 11.8 Å². The summed E-state index contributed by atoms with van der Waals surface area (Å²) in [6.07, 6.45) is 3.41. The highest BCUT2D eigenvalue weighted by Gasteiger charge is 2.32. The lowest BCUT2D eigenvalue weighted by molar-refractivity contribution is -0.137. The molecule has 1 atom stereocenters. The van der Waals surface area contributed by atoms with Crippen molar-refractivity contribution in [1.82, 2.24) is 30.3 Å². The molecule has 1 aliphatic rings. The van der Waals surface area contributed by atoms with Crippen molar-refractivity contribution in [3.8, 4) is 28.4 Å². The Kier molecular flexibility index (Phi) is 5.63. The minimum atomic E-state index is -0.346. The Hall–Kier alpha value is -3.98. The van der Waals surface area contributed by atoms with Gasteiger partial charge < -0.3 is 24.5 Å². The number of piperazine rings is 1. The van der Waals surface area contributed by atoms with Gasteiger partial charge in [0.05, 0.1) is 18.2 Å². The second-order valence-electron chi connectivity index (χ2n) is 7.41. The molecule has 0 bridgehead atoms. The van der Waals surface area contributed by atoms with Crippen LogP contribution in [-0.2, 0) is 4.79 Å². The lowest BCUT2D eigenvalue weighted by Crippen LogP contribution is -2.50. The van der Waals surface area contributed by atoms with Crippen molar-refractivity contribution in [3.63, 3.8) is 0 Å². The Balaban J connectivity index is 1.29. The molecule has 9 nitrogen and oxygen atoms in total. The van der Waals surface area contributed by atoms with Gasteiger partial charge in [0.15, 0.2) is 6.61 Å². The van der Waals surface area contributed by atoms with Crippen LogP contribution in [0.15, 0.2) is 71.6 Å². The first kappa shape index (κ1) is 20.0. The predicted octanol–water partition coefficient (Wildman–Crippen LogP) is 2.68. The molecule has 32 heavy (non-hydrogen) atoms. The van der Waals surface area contributed by atoms with Gasteiger partial charge in [-0.05, 0) is 17.7 Å². The van der Waals surface area contributed by atoms with Crippen LogP contribution in [0.25, 0.3) is 22.6 Å². The number of aromatic amines is 1. The van der Waals surface area contributed by atoms with Crippen LogP contribution in [0.4, 0.5) is 0 Å². The summed E-state index contributed by atoms with van der Waals surface area (Å²) in [5.74, 6) is 1.42. The van der Waals surface area contributed by atoms with E-state index in [2.05, 4.69) is 25.4 Å². The van der Waals surface area contributed by atoms with Gasteiger partial charge in [-0.15, -0.1) is 0 Å². The summed E-state index contributed by atoms with van der Waals surface area (Å²) in [7, 11) is 0. The fourth-order valence-corrected chi connectivity index (χ4v) is 3.67. The zero-order valence-electron chi connectivity index (χ0n) is 17.3. The molecule has 2 N–H and O–H groups in total. The third-order valence-electron chi connectivity index (χ3n) is 5.35. The van der Waals surface area contributed by atoms with Gasteiger partial charge >= 0.3 is 0 Å². The monoisotopic (exact) mass is 430 g/mol. The molecular formula is C23H22N6O3. The number of ether oxygens (including phenoxy) is 1. The molecule has 4 aromatic rings. The fourth-order valence-electron chi connectivity index (χ4n) is 3.67. The highest BCUT2D eigenvalue weighted by atomic mass is 16.5. The number of nitrogens with one attached hydrogen (secondary N) is 2. The van der Waals surface area contributed by atoms with E-state index in [0.29, 0.717) is 37.1 Å². The number of imidazole rings is 1. The lowest BCUT2D eigenvalue weighted by Gasteiger charge is -2.33. The highest BCUT2D eigenvalue weighted by Crippen LogP contribution is 2.26. The molecule has 1 fully saturated rings. The number of carbonyl (C=O) groups excluding carboxylic acids is 1. The number of hydrogen-bond acceptors (Lipinski definition) is 7. The molecule has 162 valence electrons. The number of hydrogen-bond donors (Lipinski definition) is 2. The molecule has 0 saturated carbocycles. The molecule has 0 radical (unpaired) electrons. The van der Waals surface area contributed by atoms with Gasteiger partial charge in [0.25, 0.3) is 11.8 Å². The summed E-state index contributed by atoms with van der Waals surface area (Å²) < 4.78 is 11.2. The van der Waals surface area contributed by atoms with E-state index in [4.69, 9.17) is 9.26 Å². The van der Waals surface area contributed by atoms with Crippen molar-refractivity contribution in [3.05, 3.63) is 73.0 Å². The van der Waals surface area contributed by atoms with E-state index in [9.17, 15) is 4.79 Å². The van der Waals surface area contributed by atoms with Crippen molar-refractivity contribution >= 4 is 5.91 Å². The van der Waals surface area contributed by atoms with E-state index in [-0.39, 0.29) is 18.6 Å². The fraction of sp³-hybridized carbons (Fsp3) is 0.217. The standard InChI is InChI=1S/C23H22N6O3/c30-21(14-31-18-4-2-1-3-5-18)29-11-10-24-13-20(29)23-27-22(28-32-23)17-8-6-16(7-9-17)19-12-25-15-26-19/h1-9,12,15,20,24H,10-11,13-14H2,(H,25,26). The van der Waals surface area contributed by atoms with Gasteiger partial charge in [-0.1, -0.05) is 47.6 Å². The minimum Gasteiger partial charge on any atom is -0.484 e. The first-order valence-electron chi connectivity index (χ1n) is 10.4. The SMILES string of the molecule is O=C(COc1ccccc1)N1CCNCC1c1nc(-c2ccc(-c3cnc[nH]3)cc2)no1. The summed E-state index contributed by atoms with van der Waals surface area (Å²) in [5, 5.41) is 7.43. The number of benzene rings is 2. The van der Waals surface area contributed by atoms with E-state index in [1.165, 1.54) is 0 Å². The number of nitrogens with zero attached hydrogens (tertiary/aromatic N) is 4. The molecular weight excluding hydrogens is 408 g/mol. The van der Waals surface area contributed by atoms with Crippen LogP contribution in [0.3, 0.4) is 0 Å². The number of para-hydroxylation sites is 1. The molecule has 1 aliphatic heterocycles. The highest BCUT2D eigenvalue weighted by molar-refractivity contribution is 5.78. The average Bonchev–Trinajstić information content (AvgIpc) is 3.56. The molecule has 1 amide bonds. The molecule has 5 rings (SSSR count). The summed E-state index contributed by atoms with van der Waals surface area (Å²) in [6, 6.07) is 16.7. The Morgan fingerprint density at radius 1 is 1.12 bits per heavy atom. The van der Waals surface area contributed by atoms with Gasteiger partial charge in [0, 0.05) is 25.2 Å². The third kappa shape index (κ3) is 4.23. The minimum absolute atomic E-state index is 0.0451. The van der Waals surface area contributed by atoms with Crippen LogP contribution in [0.5, 0.6) is 5.75 Å². The molecule has 3 heterocycles. The van der Waals surface area contributed by atoms with E-state index in [1.807, 2.05) is 54.6 Å². The smallest absolute Gasteiger partial charge is 0.261 e. The maximum Gasteiger partial charge on any atom is 0.261 e. The number of carbonyl (C=O) groups is 1. The third-order valence-corrected chi connectivity index (χ3v) is 5.35. The molecule has 9 heteroatoms. The second kappa shape index (κ2) is 9.03. The Bertz CT molecular complexity index is 1160. The number of aromatic nitrogens is 4. The summed E-state index contributed by atoms with van der Waals surface area (Å²) >= 11 is 0. The molecule has 1 unspecified atom stereocenters. The van der Waals surface area contributed by atoms with Gasteiger partial charge in [0.2, 0.25) is 5.82 Å². The van der Waals surface area contributed by atoms with E-state index >= 15 is 0 Å². The quantitative estimate of drug-likeness (QED) is 0.484. The van der Waals surface area contributed by atoms with Crippen molar-refractivity contribution in [2.45, 2.75) is 6.04 Å². The van der Waals surface area contributed by atoms with Crippen molar-refractivity contribution in [1.29, 1.82) is 0 Å². The van der Waals surface area contributed by atoms with Crippen LogP contribution in [0, 0.1) is 0 Å². The summed E-state index contributed by atoms with van der Waals surface area (Å²) in [6.45, 7) is 1.73. The maximum atomic E-state index is 12.9. The largest absolute Gasteiger partial charge is 0.484 e. The number of amides is 1. The first-order chi connectivity index (χ1) is 15.8. The van der Waals surface area contributed by atoms with Crippen molar-refractivity contribution < 1.29 is 14.1 Å². The zero-order chi connectivity index (χ0) is 21.8. The zero-order valence-corrected chi connectivity index (χ0v) is 17.3. The van der Waals surface area contributed by atoms with Gasteiger partial charge in [-0.3, -0.25) is 4.79 Å². The molecule has 1 saturated heterocycles. The van der Waals surface area contributed by atoms with E-state index in [0.717, 1.165) is 16.8 Å². The summed E-state index contributed by atoms with van der Waals surface area (Å²) in [4.78, 5) is 26.3. The van der Waals surface area contributed by atoms with E-state index in [1.54, 1.807) is 17.4 Å². The molecule has 2 aromatic carbocycles. The Morgan fingerprint density at radius 3 is 2.72 bits per heavy atom. The van der Waals surface area contributed by atoms with Gasteiger partial charge in [-0.25, -0.2) is 4.98 Å². The average molecular weight is 430 g/mol. The van der Waals surface area contributed by atoms with Crippen LogP contribution in [0.1, 0.15) is 11.9 Å². The Labute approximate surface area is 184 Å². The Morgan fingerprint density at radius 2 is 1.94 bits per heavy atom. The molecule has 0 spiro atoms. The van der Waals surface area contributed by atoms with Crippen LogP contribution < -0.4 is 10.1 Å². The van der Waals surface area contributed by atoms with Crippen LogP contribution >= 0.6 is 0 Å². The number of H-pyrrole nitrogens is 1. The normalized spacial score (nSPS) is 16.1.